The quantitative estimate of drug-likeness (QED) is 0.809. The Labute approximate surface area is 125 Å². The lowest BCUT2D eigenvalue weighted by molar-refractivity contribution is 0.0126. The molecule has 1 fully saturated rings. The highest BCUT2D eigenvalue weighted by molar-refractivity contribution is 7.09. The van der Waals surface area contributed by atoms with Gasteiger partial charge in [0.05, 0.1) is 19.3 Å². The fourth-order valence-corrected chi connectivity index (χ4v) is 2.92. The molecule has 2 radical (unpaired) electrons. The van der Waals surface area contributed by atoms with Crippen LogP contribution in [0, 0.1) is 0 Å². The molecule has 0 saturated carbocycles. The van der Waals surface area contributed by atoms with Gasteiger partial charge in [-0.15, -0.1) is 23.4 Å². The minimum absolute atomic E-state index is 0.0671. The third-order valence-corrected chi connectivity index (χ3v) is 4.26. The molecule has 2 unspecified atom stereocenters. The molecule has 0 aromatic carbocycles. The molecule has 1 aromatic heterocycles. The lowest BCUT2D eigenvalue weighted by Crippen LogP contribution is -2.48. The number of nitrogens with one attached hydrogen (secondary N) is 1. The fourth-order valence-electron chi connectivity index (χ4n) is 2.28. The fraction of sp³-hybridized carbons (Fsp3) is 0.500. The third-order valence-electron chi connectivity index (χ3n) is 3.30. The van der Waals surface area contributed by atoms with Crippen LogP contribution in [-0.2, 0) is 4.74 Å². The molecule has 4 nitrogen and oxygen atoms in total. The Morgan fingerprint density at radius 2 is 2.50 bits per heavy atom. The summed E-state index contributed by atoms with van der Waals surface area (Å²) in [5.41, 5.74) is 1.60. The molecule has 106 valence electrons. The number of nitrogens with zero attached hydrogens (tertiary/aromatic N) is 2. The van der Waals surface area contributed by atoms with Crippen LogP contribution in [0.4, 0.5) is 0 Å². The van der Waals surface area contributed by atoms with Crippen molar-refractivity contribution in [3.63, 3.8) is 0 Å². The molecule has 1 saturated heterocycles. The zero-order valence-corrected chi connectivity index (χ0v) is 12.7. The normalized spacial score (nSPS) is 21.4. The van der Waals surface area contributed by atoms with Gasteiger partial charge in [0.2, 0.25) is 0 Å². The third kappa shape index (κ3) is 3.94. The van der Waals surface area contributed by atoms with E-state index in [0.717, 1.165) is 30.4 Å². The summed E-state index contributed by atoms with van der Waals surface area (Å²) >= 11 is 1.64. The van der Waals surface area contributed by atoms with E-state index in [9.17, 15) is 0 Å². The van der Waals surface area contributed by atoms with E-state index in [1.54, 1.807) is 11.3 Å². The van der Waals surface area contributed by atoms with Crippen LogP contribution >= 0.6 is 11.3 Å². The maximum atomic E-state index is 5.84. The second-order valence-corrected chi connectivity index (χ2v) is 5.90. The molecule has 1 aliphatic heterocycles. The average molecular weight is 289 g/mol. The minimum atomic E-state index is 0.0671. The van der Waals surface area contributed by atoms with Crippen LogP contribution in [0.3, 0.4) is 0 Å². The largest absolute Gasteiger partial charge is 0.379 e. The molecule has 1 N–H and O–H groups in total. The zero-order chi connectivity index (χ0) is 14.5. The summed E-state index contributed by atoms with van der Waals surface area (Å²) in [6, 6.07) is 0.237. The first-order valence-electron chi connectivity index (χ1n) is 6.67. The summed E-state index contributed by atoms with van der Waals surface area (Å²) < 4.78 is 5.45. The average Bonchev–Trinajstić information content (AvgIpc) is 2.92. The maximum absolute atomic E-state index is 5.84. The SMILES string of the molecule is [B]C(=C)C1COCCN1CC(=C)NC(C)c1nccs1. The number of morpholine rings is 1. The summed E-state index contributed by atoms with van der Waals surface area (Å²) in [6.07, 6.45) is 1.82. The van der Waals surface area contributed by atoms with Gasteiger partial charge >= 0.3 is 0 Å². The van der Waals surface area contributed by atoms with Crippen molar-refractivity contribution < 1.29 is 4.74 Å². The van der Waals surface area contributed by atoms with Crippen LogP contribution < -0.4 is 5.32 Å². The van der Waals surface area contributed by atoms with Crippen molar-refractivity contribution in [1.29, 1.82) is 0 Å². The van der Waals surface area contributed by atoms with Gasteiger partial charge in [-0.2, -0.15) is 0 Å². The van der Waals surface area contributed by atoms with Crippen LogP contribution in [0.5, 0.6) is 0 Å². The molecule has 0 aliphatic carbocycles. The zero-order valence-electron chi connectivity index (χ0n) is 11.8. The first-order valence-corrected chi connectivity index (χ1v) is 7.55. The van der Waals surface area contributed by atoms with Crippen LogP contribution in [0.1, 0.15) is 18.0 Å². The highest BCUT2D eigenvalue weighted by Crippen LogP contribution is 2.17. The van der Waals surface area contributed by atoms with E-state index >= 15 is 0 Å². The van der Waals surface area contributed by atoms with E-state index in [4.69, 9.17) is 12.6 Å². The Kier molecular flexibility index (Phi) is 5.40. The maximum Gasteiger partial charge on any atom is 0.115 e. The molecule has 1 aromatic rings. The summed E-state index contributed by atoms with van der Waals surface area (Å²) in [4.78, 5) is 6.55. The molecule has 2 rings (SSSR count). The molecule has 2 heterocycles. The van der Waals surface area contributed by atoms with Crippen LogP contribution in [0.15, 0.2) is 35.9 Å². The smallest absolute Gasteiger partial charge is 0.115 e. The molecule has 20 heavy (non-hydrogen) atoms. The Balaban J connectivity index is 1.88. The standard InChI is InChI=1S/C14H20BN3OS/c1-10(17-12(3)14-16-4-7-20-14)8-18-5-6-19-9-13(18)11(2)15/h4,7,12-13,17H,1-2,5-6,8-9H2,3H3. The topological polar surface area (TPSA) is 37.4 Å². The molecule has 6 heteroatoms. The van der Waals surface area contributed by atoms with Gasteiger partial charge in [0, 0.05) is 36.4 Å². The Morgan fingerprint density at radius 1 is 1.70 bits per heavy atom. The molecule has 0 spiro atoms. The van der Waals surface area contributed by atoms with Gasteiger partial charge < -0.3 is 10.1 Å². The molecular weight excluding hydrogens is 269 g/mol. The number of rotatable bonds is 6. The minimum Gasteiger partial charge on any atom is -0.379 e. The van der Waals surface area contributed by atoms with Gasteiger partial charge in [0.1, 0.15) is 12.9 Å². The van der Waals surface area contributed by atoms with Crippen molar-refractivity contribution in [2.45, 2.75) is 19.0 Å². The lowest BCUT2D eigenvalue weighted by Gasteiger charge is -2.37. The number of thiazole rings is 1. The number of aromatic nitrogens is 1. The van der Waals surface area contributed by atoms with Gasteiger partial charge in [-0.3, -0.25) is 4.90 Å². The van der Waals surface area contributed by atoms with Crippen molar-refractivity contribution in [2.75, 3.05) is 26.3 Å². The van der Waals surface area contributed by atoms with E-state index in [1.807, 2.05) is 11.6 Å². The second-order valence-electron chi connectivity index (χ2n) is 4.98. The second kappa shape index (κ2) is 7.06. The van der Waals surface area contributed by atoms with Gasteiger partial charge in [-0.05, 0) is 6.92 Å². The highest BCUT2D eigenvalue weighted by Gasteiger charge is 2.23. The molecule has 2 atom stereocenters. The van der Waals surface area contributed by atoms with Crippen molar-refractivity contribution in [3.8, 4) is 0 Å². The highest BCUT2D eigenvalue weighted by atomic mass is 32.1. The molecule has 0 bridgehead atoms. The monoisotopic (exact) mass is 289 g/mol. The Hall–Kier alpha value is -1.11. The predicted molar refractivity (Wildman–Crippen MR) is 83.9 cm³/mol. The summed E-state index contributed by atoms with van der Waals surface area (Å²) in [6.45, 7) is 12.9. The number of hydrogen-bond acceptors (Lipinski definition) is 5. The van der Waals surface area contributed by atoms with Gasteiger partial charge in [0.25, 0.3) is 0 Å². The predicted octanol–water partition coefficient (Wildman–Crippen LogP) is 1.69. The lowest BCUT2D eigenvalue weighted by atomic mass is 9.89. The summed E-state index contributed by atoms with van der Waals surface area (Å²) in [5, 5.41) is 6.43. The number of hydrogen-bond donors (Lipinski definition) is 1. The van der Waals surface area contributed by atoms with Gasteiger partial charge in [0.15, 0.2) is 0 Å². The van der Waals surface area contributed by atoms with E-state index in [2.05, 4.69) is 35.3 Å². The van der Waals surface area contributed by atoms with Crippen LogP contribution in [0.25, 0.3) is 0 Å². The number of ether oxygens (including phenoxy) is 1. The van der Waals surface area contributed by atoms with E-state index in [1.165, 1.54) is 0 Å². The first kappa shape index (κ1) is 15.3. The Morgan fingerprint density at radius 3 is 3.15 bits per heavy atom. The van der Waals surface area contributed by atoms with E-state index < -0.39 is 0 Å². The van der Waals surface area contributed by atoms with Crippen LogP contribution in [-0.4, -0.2) is 50.1 Å². The molecule has 0 amide bonds. The van der Waals surface area contributed by atoms with Crippen molar-refractivity contribution in [3.05, 3.63) is 40.9 Å². The summed E-state index contributed by atoms with van der Waals surface area (Å²) in [5.74, 6) is 0. The molecular formula is C14H20BN3OS. The van der Waals surface area contributed by atoms with Gasteiger partial charge in [-0.1, -0.05) is 6.58 Å². The van der Waals surface area contributed by atoms with Crippen LogP contribution in [0.2, 0.25) is 0 Å². The van der Waals surface area contributed by atoms with E-state index in [-0.39, 0.29) is 12.1 Å². The first-order chi connectivity index (χ1) is 9.58. The molecule has 1 aliphatic rings. The van der Waals surface area contributed by atoms with E-state index in [0.29, 0.717) is 12.1 Å². The van der Waals surface area contributed by atoms with Crippen molar-refractivity contribution in [1.82, 2.24) is 15.2 Å². The van der Waals surface area contributed by atoms with Crippen molar-refractivity contribution in [2.24, 2.45) is 0 Å². The Bertz CT molecular complexity index is 463. The van der Waals surface area contributed by atoms with Gasteiger partial charge in [-0.25, -0.2) is 4.98 Å². The van der Waals surface area contributed by atoms with Crippen molar-refractivity contribution >= 4 is 19.2 Å². The summed E-state index contributed by atoms with van der Waals surface area (Å²) in [7, 11) is 5.84.